The fourth-order valence-corrected chi connectivity index (χ4v) is 3.50. The first-order valence-corrected chi connectivity index (χ1v) is 7.66. The summed E-state index contributed by atoms with van der Waals surface area (Å²) in [6.07, 6.45) is 2.11. The van der Waals surface area contributed by atoms with Crippen molar-refractivity contribution >= 4 is 11.6 Å². The van der Waals surface area contributed by atoms with Gasteiger partial charge >= 0.3 is 0 Å². The SMILES string of the molecule is CN(C)C1CCC(c2ccc(Cl)c(F)c2)c2ccccc21. The van der Waals surface area contributed by atoms with Gasteiger partial charge in [0.2, 0.25) is 0 Å². The van der Waals surface area contributed by atoms with Crippen molar-refractivity contribution in [2.24, 2.45) is 0 Å². The molecule has 0 radical (unpaired) electrons. The maximum absolute atomic E-state index is 13.8. The number of benzene rings is 2. The van der Waals surface area contributed by atoms with Gasteiger partial charge in [-0.1, -0.05) is 41.9 Å². The Morgan fingerprint density at radius 1 is 1.05 bits per heavy atom. The molecule has 2 aromatic carbocycles. The number of hydrogen-bond donors (Lipinski definition) is 0. The third-order valence-corrected chi connectivity index (χ3v) is 4.74. The second kappa shape index (κ2) is 5.78. The molecule has 2 atom stereocenters. The van der Waals surface area contributed by atoms with E-state index in [2.05, 4.69) is 43.3 Å². The largest absolute Gasteiger partial charge is 0.302 e. The Morgan fingerprint density at radius 2 is 1.76 bits per heavy atom. The first-order chi connectivity index (χ1) is 10.1. The van der Waals surface area contributed by atoms with Gasteiger partial charge in [0.15, 0.2) is 0 Å². The highest BCUT2D eigenvalue weighted by atomic mass is 35.5. The zero-order valence-corrected chi connectivity index (χ0v) is 13.1. The lowest BCUT2D eigenvalue weighted by Gasteiger charge is -2.35. The van der Waals surface area contributed by atoms with E-state index < -0.39 is 0 Å². The van der Waals surface area contributed by atoms with Crippen LogP contribution in [0.2, 0.25) is 5.02 Å². The van der Waals surface area contributed by atoms with Crippen LogP contribution in [0.15, 0.2) is 42.5 Å². The van der Waals surface area contributed by atoms with Crippen molar-refractivity contribution in [3.63, 3.8) is 0 Å². The van der Waals surface area contributed by atoms with E-state index >= 15 is 0 Å². The van der Waals surface area contributed by atoms with E-state index in [4.69, 9.17) is 11.6 Å². The maximum atomic E-state index is 13.8. The van der Waals surface area contributed by atoms with Crippen molar-refractivity contribution in [3.8, 4) is 0 Å². The van der Waals surface area contributed by atoms with E-state index in [1.807, 2.05) is 6.07 Å². The summed E-state index contributed by atoms with van der Waals surface area (Å²) < 4.78 is 13.8. The van der Waals surface area contributed by atoms with Gasteiger partial charge in [0, 0.05) is 12.0 Å². The normalized spacial score (nSPS) is 21.4. The molecule has 2 aromatic rings. The van der Waals surface area contributed by atoms with Crippen LogP contribution < -0.4 is 0 Å². The molecule has 0 saturated carbocycles. The van der Waals surface area contributed by atoms with Gasteiger partial charge < -0.3 is 4.90 Å². The molecule has 0 spiro atoms. The molecule has 1 aliphatic carbocycles. The number of nitrogens with zero attached hydrogens (tertiary/aromatic N) is 1. The molecule has 0 aromatic heterocycles. The molecule has 110 valence electrons. The van der Waals surface area contributed by atoms with Gasteiger partial charge in [-0.05, 0) is 55.8 Å². The Bertz CT molecular complexity index is 653. The van der Waals surface area contributed by atoms with E-state index in [0.29, 0.717) is 6.04 Å². The maximum Gasteiger partial charge on any atom is 0.142 e. The van der Waals surface area contributed by atoms with Gasteiger partial charge in [-0.25, -0.2) is 4.39 Å². The number of rotatable bonds is 2. The van der Waals surface area contributed by atoms with Gasteiger partial charge in [0.1, 0.15) is 5.82 Å². The highest BCUT2D eigenvalue weighted by Gasteiger charge is 2.29. The second-order valence-electron chi connectivity index (χ2n) is 5.91. The zero-order chi connectivity index (χ0) is 15.0. The Kier molecular flexibility index (Phi) is 4.01. The van der Waals surface area contributed by atoms with E-state index in [1.165, 1.54) is 11.1 Å². The van der Waals surface area contributed by atoms with Crippen LogP contribution in [0.5, 0.6) is 0 Å². The van der Waals surface area contributed by atoms with E-state index in [-0.39, 0.29) is 16.8 Å². The predicted molar refractivity (Wildman–Crippen MR) is 85.4 cm³/mol. The van der Waals surface area contributed by atoms with Gasteiger partial charge in [0.05, 0.1) is 5.02 Å². The molecule has 1 nitrogen and oxygen atoms in total. The van der Waals surface area contributed by atoms with E-state index in [1.54, 1.807) is 12.1 Å². The highest BCUT2D eigenvalue weighted by Crippen LogP contribution is 2.43. The van der Waals surface area contributed by atoms with E-state index in [9.17, 15) is 4.39 Å². The molecule has 0 heterocycles. The van der Waals surface area contributed by atoms with Crippen molar-refractivity contribution in [1.82, 2.24) is 4.90 Å². The summed E-state index contributed by atoms with van der Waals surface area (Å²) in [5.41, 5.74) is 3.68. The van der Waals surface area contributed by atoms with Crippen molar-refractivity contribution in [2.45, 2.75) is 24.8 Å². The van der Waals surface area contributed by atoms with Crippen LogP contribution >= 0.6 is 11.6 Å². The lowest BCUT2D eigenvalue weighted by atomic mass is 9.76. The first kappa shape index (κ1) is 14.6. The lowest BCUT2D eigenvalue weighted by molar-refractivity contribution is 0.262. The third-order valence-electron chi connectivity index (χ3n) is 4.43. The molecule has 2 unspecified atom stereocenters. The minimum atomic E-state index is -0.332. The van der Waals surface area contributed by atoms with Crippen molar-refractivity contribution in [3.05, 3.63) is 70.0 Å². The summed E-state index contributed by atoms with van der Waals surface area (Å²) in [4.78, 5) is 2.26. The van der Waals surface area contributed by atoms with Crippen molar-refractivity contribution in [2.75, 3.05) is 14.1 Å². The molecule has 3 rings (SSSR count). The monoisotopic (exact) mass is 303 g/mol. The van der Waals surface area contributed by atoms with Gasteiger partial charge in [-0.2, -0.15) is 0 Å². The molecule has 0 aliphatic heterocycles. The molecule has 3 heteroatoms. The molecule has 0 amide bonds. The molecule has 0 saturated heterocycles. The molecule has 1 aliphatic rings. The van der Waals surface area contributed by atoms with Crippen molar-refractivity contribution in [1.29, 1.82) is 0 Å². The molecular formula is C18H19ClFN. The molecule has 0 N–H and O–H groups in total. The third kappa shape index (κ3) is 2.70. The lowest BCUT2D eigenvalue weighted by Crippen LogP contribution is -2.26. The fourth-order valence-electron chi connectivity index (χ4n) is 3.38. The Morgan fingerprint density at radius 3 is 2.43 bits per heavy atom. The van der Waals surface area contributed by atoms with Gasteiger partial charge in [-0.3, -0.25) is 0 Å². The van der Waals surface area contributed by atoms with Crippen molar-refractivity contribution < 1.29 is 4.39 Å². The molecule has 0 bridgehead atoms. The molecule has 21 heavy (non-hydrogen) atoms. The van der Waals surface area contributed by atoms with Crippen LogP contribution in [0.3, 0.4) is 0 Å². The quantitative estimate of drug-likeness (QED) is 0.754. The summed E-state index contributed by atoms with van der Waals surface area (Å²) in [5.74, 6) is -0.0782. The second-order valence-corrected chi connectivity index (χ2v) is 6.32. The predicted octanol–water partition coefficient (Wildman–Crippen LogP) is 5.01. The molecule has 0 fully saturated rings. The summed E-state index contributed by atoms with van der Waals surface area (Å²) in [5, 5.41) is 0.189. The van der Waals surface area contributed by atoms with Gasteiger partial charge in [-0.15, -0.1) is 0 Å². The standard InChI is InChI=1S/C18H19ClFN/c1-21(2)18-10-8-13(14-5-3-4-6-15(14)18)12-7-9-16(19)17(20)11-12/h3-7,9,11,13,18H,8,10H2,1-2H3. The van der Waals surface area contributed by atoms with Crippen LogP contribution in [0.4, 0.5) is 4.39 Å². The Balaban J connectivity index is 2.05. The minimum Gasteiger partial charge on any atom is -0.302 e. The number of hydrogen-bond acceptors (Lipinski definition) is 1. The van der Waals surface area contributed by atoms with Crippen LogP contribution in [-0.2, 0) is 0 Å². The van der Waals surface area contributed by atoms with Crippen LogP contribution in [0, 0.1) is 5.82 Å². The van der Waals surface area contributed by atoms with E-state index in [0.717, 1.165) is 18.4 Å². The number of fused-ring (bicyclic) bond motifs is 1. The molecular weight excluding hydrogens is 285 g/mol. The Labute approximate surface area is 130 Å². The van der Waals surface area contributed by atoms with Gasteiger partial charge in [0.25, 0.3) is 0 Å². The fraction of sp³-hybridized carbons (Fsp3) is 0.333. The topological polar surface area (TPSA) is 3.24 Å². The smallest absolute Gasteiger partial charge is 0.142 e. The summed E-state index contributed by atoms with van der Waals surface area (Å²) >= 11 is 5.80. The number of halogens is 2. The minimum absolute atomic E-state index is 0.189. The summed E-state index contributed by atoms with van der Waals surface area (Å²) in [6.45, 7) is 0. The van der Waals surface area contributed by atoms with Crippen LogP contribution in [0.1, 0.15) is 41.5 Å². The van der Waals surface area contributed by atoms with Crippen LogP contribution in [0.25, 0.3) is 0 Å². The summed E-state index contributed by atoms with van der Waals surface area (Å²) in [6, 6.07) is 14.1. The average Bonchev–Trinajstić information content (AvgIpc) is 2.49. The first-order valence-electron chi connectivity index (χ1n) is 7.28. The Hall–Kier alpha value is -1.38. The average molecular weight is 304 g/mol. The summed E-state index contributed by atoms with van der Waals surface area (Å²) in [7, 11) is 4.23. The highest BCUT2D eigenvalue weighted by molar-refractivity contribution is 6.30. The zero-order valence-electron chi connectivity index (χ0n) is 12.3. The van der Waals surface area contributed by atoms with Crippen LogP contribution in [-0.4, -0.2) is 19.0 Å².